The molecule has 0 saturated heterocycles. The van der Waals surface area contributed by atoms with Crippen molar-refractivity contribution < 1.29 is 24.1 Å². The van der Waals surface area contributed by atoms with Gasteiger partial charge < -0.3 is 14.2 Å². The Balaban J connectivity index is 3.75. The summed E-state index contributed by atoms with van der Waals surface area (Å²) in [6, 6.07) is 1.00. The van der Waals surface area contributed by atoms with E-state index in [1.54, 1.807) is 0 Å². The van der Waals surface area contributed by atoms with Gasteiger partial charge in [0.05, 0.1) is 37.2 Å². The van der Waals surface area contributed by atoms with E-state index < -0.39 is 27.0 Å². The van der Waals surface area contributed by atoms with Crippen LogP contribution in [0.15, 0.2) is 6.07 Å². The second kappa shape index (κ2) is 5.17. The van der Waals surface area contributed by atoms with Gasteiger partial charge in [-0.25, -0.2) is 0 Å². The second-order valence-electron chi connectivity index (χ2n) is 3.03. The molecule has 1 rings (SSSR count). The number of nitrogens with zero attached hydrogens (tertiary/aromatic N) is 2. The highest BCUT2D eigenvalue weighted by Crippen LogP contribution is 2.49. The number of nitro groups is 2. The van der Waals surface area contributed by atoms with E-state index in [0.717, 1.165) is 13.2 Å². The van der Waals surface area contributed by atoms with Crippen LogP contribution < -0.4 is 14.2 Å². The van der Waals surface area contributed by atoms with E-state index in [2.05, 4.69) is 0 Å². The van der Waals surface area contributed by atoms with E-state index >= 15 is 0 Å². The number of rotatable bonds is 5. The van der Waals surface area contributed by atoms with E-state index in [4.69, 9.17) is 14.2 Å². The zero-order chi connectivity index (χ0) is 13.9. The SMILES string of the molecule is COc1cc([N+](=O)[O-])c(OC)c([N+](=O)[O-])c1OC. The summed E-state index contributed by atoms with van der Waals surface area (Å²) in [5.74, 6) is -0.829. The Morgan fingerprint density at radius 1 is 0.944 bits per heavy atom. The van der Waals surface area contributed by atoms with Crippen LogP contribution in [0.2, 0.25) is 0 Å². The van der Waals surface area contributed by atoms with E-state index in [0.29, 0.717) is 0 Å². The highest BCUT2D eigenvalue weighted by atomic mass is 16.6. The predicted molar refractivity (Wildman–Crippen MR) is 59.4 cm³/mol. The van der Waals surface area contributed by atoms with Gasteiger partial charge in [-0.3, -0.25) is 20.2 Å². The summed E-state index contributed by atoms with van der Waals surface area (Å²) >= 11 is 0. The van der Waals surface area contributed by atoms with E-state index in [9.17, 15) is 20.2 Å². The lowest BCUT2D eigenvalue weighted by atomic mass is 10.2. The number of nitro benzene ring substituents is 2. The molecule has 0 aliphatic carbocycles. The first-order valence-electron chi connectivity index (χ1n) is 4.59. The normalized spacial score (nSPS) is 9.72. The lowest BCUT2D eigenvalue weighted by molar-refractivity contribution is -0.396. The molecule has 0 unspecified atom stereocenters. The molecular formula is C9H10N2O7. The number of benzene rings is 1. The lowest BCUT2D eigenvalue weighted by Gasteiger charge is -2.10. The third-order valence-corrected chi connectivity index (χ3v) is 2.16. The summed E-state index contributed by atoms with van der Waals surface area (Å²) < 4.78 is 14.4. The molecule has 18 heavy (non-hydrogen) atoms. The second-order valence-corrected chi connectivity index (χ2v) is 3.03. The maximum Gasteiger partial charge on any atom is 0.363 e. The van der Waals surface area contributed by atoms with Crippen molar-refractivity contribution in [1.82, 2.24) is 0 Å². The molecule has 0 aromatic heterocycles. The Labute approximate surface area is 101 Å². The van der Waals surface area contributed by atoms with Crippen LogP contribution in [0.3, 0.4) is 0 Å². The first-order valence-corrected chi connectivity index (χ1v) is 4.59. The smallest absolute Gasteiger partial charge is 0.363 e. The monoisotopic (exact) mass is 258 g/mol. The first-order chi connectivity index (χ1) is 8.47. The Morgan fingerprint density at radius 3 is 1.83 bits per heavy atom. The molecule has 0 atom stereocenters. The van der Waals surface area contributed by atoms with Crippen molar-refractivity contribution in [2.45, 2.75) is 0 Å². The fourth-order valence-corrected chi connectivity index (χ4v) is 1.45. The van der Waals surface area contributed by atoms with Gasteiger partial charge in [0.15, 0.2) is 5.75 Å². The van der Waals surface area contributed by atoms with Gasteiger partial charge in [0.25, 0.3) is 5.75 Å². The predicted octanol–water partition coefficient (Wildman–Crippen LogP) is 1.53. The van der Waals surface area contributed by atoms with Gasteiger partial charge in [-0.2, -0.15) is 0 Å². The highest BCUT2D eigenvalue weighted by molar-refractivity contribution is 5.72. The molecule has 0 fully saturated rings. The molecule has 9 heteroatoms. The van der Waals surface area contributed by atoms with Gasteiger partial charge in [0.1, 0.15) is 0 Å². The van der Waals surface area contributed by atoms with Crippen molar-refractivity contribution >= 4 is 11.4 Å². The fraction of sp³-hybridized carbons (Fsp3) is 0.333. The minimum absolute atomic E-state index is 0.114. The number of ether oxygens (including phenoxy) is 3. The molecule has 98 valence electrons. The van der Waals surface area contributed by atoms with E-state index in [1.165, 1.54) is 14.2 Å². The number of hydrogen-bond donors (Lipinski definition) is 0. The van der Waals surface area contributed by atoms with Gasteiger partial charge >= 0.3 is 11.4 Å². The maximum absolute atomic E-state index is 11.0. The van der Waals surface area contributed by atoms with Crippen LogP contribution >= 0.6 is 0 Å². The van der Waals surface area contributed by atoms with Crippen LogP contribution in [-0.2, 0) is 0 Å². The minimum atomic E-state index is -0.826. The molecular weight excluding hydrogens is 248 g/mol. The average Bonchev–Trinajstić information content (AvgIpc) is 2.35. The minimum Gasteiger partial charge on any atom is -0.492 e. The van der Waals surface area contributed by atoms with Crippen molar-refractivity contribution in [3.8, 4) is 17.2 Å². The van der Waals surface area contributed by atoms with Crippen molar-refractivity contribution in [2.75, 3.05) is 21.3 Å². The standard InChI is InChI=1S/C9H10N2O7/c1-16-6-4-5(10(12)13)8(17-2)7(11(14)15)9(6)18-3/h4H,1-3H3. The topological polar surface area (TPSA) is 114 Å². The van der Waals surface area contributed by atoms with Crippen molar-refractivity contribution in [1.29, 1.82) is 0 Å². The molecule has 9 nitrogen and oxygen atoms in total. The molecule has 0 aliphatic rings. The van der Waals surface area contributed by atoms with Crippen LogP contribution in [-0.4, -0.2) is 31.2 Å². The van der Waals surface area contributed by atoms with Gasteiger partial charge in [-0.05, 0) is 0 Å². The average molecular weight is 258 g/mol. The largest absolute Gasteiger partial charge is 0.492 e. The van der Waals surface area contributed by atoms with Gasteiger partial charge in [0.2, 0.25) is 5.75 Å². The summed E-state index contributed by atoms with van der Waals surface area (Å²) in [6.45, 7) is 0. The third-order valence-electron chi connectivity index (χ3n) is 2.16. The quantitative estimate of drug-likeness (QED) is 0.580. The molecule has 0 aliphatic heterocycles. The van der Waals surface area contributed by atoms with Crippen LogP contribution in [0.4, 0.5) is 11.4 Å². The molecule has 0 radical (unpaired) electrons. The van der Waals surface area contributed by atoms with Crippen LogP contribution in [0, 0.1) is 20.2 Å². The summed E-state index contributed by atoms with van der Waals surface area (Å²) in [6.07, 6.45) is 0. The molecule has 0 N–H and O–H groups in total. The maximum atomic E-state index is 11.0. The zero-order valence-corrected chi connectivity index (χ0v) is 9.83. The van der Waals surface area contributed by atoms with Crippen LogP contribution in [0.5, 0.6) is 17.2 Å². The van der Waals surface area contributed by atoms with Crippen molar-refractivity contribution in [3.63, 3.8) is 0 Å². The van der Waals surface area contributed by atoms with Crippen LogP contribution in [0.25, 0.3) is 0 Å². The summed E-state index contributed by atoms with van der Waals surface area (Å²) in [5, 5.41) is 21.8. The molecule has 0 amide bonds. The van der Waals surface area contributed by atoms with Gasteiger partial charge in [-0.1, -0.05) is 0 Å². The molecule has 0 saturated carbocycles. The Kier molecular flexibility index (Phi) is 3.87. The molecule has 0 heterocycles. The number of methoxy groups -OCH3 is 3. The Bertz CT molecular complexity index is 500. The third kappa shape index (κ3) is 2.10. The fourth-order valence-electron chi connectivity index (χ4n) is 1.45. The first kappa shape index (κ1) is 13.5. The Hall–Kier alpha value is -2.58. The summed E-state index contributed by atoms with van der Waals surface area (Å²) in [7, 11) is 3.51. The van der Waals surface area contributed by atoms with Crippen LogP contribution in [0.1, 0.15) is 0 Å². The van der Waals surface area contributed by atoms with Gasteiger partial charge in [0, 0.05) is 0 Å². The Morgan fingerprint density at radius 2 is 1.50 bits per heavy atom. The molecule has 1 aromatic carbocycles. The summed E-state index contributed by atoms with van der Waals surface area (Å²) in [4.78, 5) is 20.2. The molecule has 0 bridgehead atoms. The van der Waals surface area contributed by atoms with Gasteiger partial charge in [-0.15, -0.1) is 0 Å². The van der Waals surface area contributed by atoms with Crippen molar-refractivity contribution in [3.05, 3.63) is 26.3 Å². The molecule has 1 aromatic rings. The zero-order valence-electron chi connectivity index (χ0n) is 9.83. The number of hydrogen-bond acceptors (Lipinski definition) is 7. The van der Waals surface area contributed by atoms with Crippen molar-refractivity contribution in [2.24, 2.45) is 0 Å². The highest BCUT2D eigenvalue weighted by Gasteiger charge is 2.35. The van der Waals surface area contributed by atoms with E-state index in [-0.39, 0.29) is 11.5 Å². The lowest BCUT2D eigenvalue weighted by Crippen LogP contribution is -2.03. The summed E-state index contributed by atoms with van der Waals surface area (Å²) in [5.41, 5.74) is -1.21. The molecule has 0 spiro atoms. The van der Waals surface area contributed by atoms with E-state index in [1.807, 2.05) is 0 Å².